The molecule has 0 atom stereocenters. The Labute approximate surface area is 210 Å². The molecule has 0 saturated carbocycles. The maximum absolute atomic E-state index is 11.0. The smallest absolute Gasteiger partial charge is 0.407 e. The zero-order valence-electron chi connectivity index (χ0n) is 21.2. The van der Waals surface area contributed by atoms with E-state index in [2.05, 4.69) is 44.8 Å². The molecule has 12 heteroatoms. The Morgan fingerprint density at radius 3 is 2.69 bits per heavy atom. The molecule has 12 nitrogen and oxygen atoms in total. The third-order valence-corrected chi connectivity index (χ3v) is 6.41. The van der Waals surface area contributed by atoms with Crippen molar-refractivity contribution < 1.29 is 14.6 Å². The fraction of sp³-hybridized carbons (Fsp3) is 0.542. The highest BCUT2D eigenvalue weighted by Gasteiger charge is 2.20. The summed E-state index contributed by atoms with van der Waals surface area (Å²) in [6, 6.07) is 2.41. The van der Waals surface area contributed by atoms with Crippen LogP contribution < -0.4 is 15.4 Å². The standard InChI is InChI=1S/C24H35N9O3/c1-4-5-12-36-23-28-20(25)22-27-16-19(33(22)29-23)14-18-13-17(2)21(26-15-18)32-10-8-31(9-11-32)7-6-30(3)24(34)35/h13,15-16H,4-12,14H2,1-3H3,(H,34,35)(H2,25,28,29). The number of piperazine rings is 1. The van der Waals surface area contributed by atoms with Gasteiger partial charge in [-0.25, -0.2) is 19.3 Å². The predicted octanol–water partition coefficient (Wildman–Crippen LogP) is 1.91. The number of unbranched alkanes of at least 4 members (excludes halogenated alkanes) is 1. The number of nitrogens with zero attached hydrogens (tertiary/aromatic N) is 8. The van der Waals surface area contributed by atoms with E-state index < -0.39 is 6.09 Å². The number of hydrogen-bond donors (Lipinski definition) is 2. The maximum Gasteiger partial charge on any atom is 0.407 e. The molecule has 3 aromatic heterocycles. The zero-order chi connectivity index (χ0) is 25.7. The van der Waals surface area contributed by atoms with Crippen LogP contribution >= 0.6 is 0 Å². The van der Waals surface area contributed by atoms with Gasteiger partial charge in [0.1, 0.15) is 5.82 Å². The minimum Gasteiger partial charge on any atom is -0.465 e. The number of pyridine rings is 1. The summed E-state index contributed by atoms with van der Waals surface area (Å²) in [5, 5.41) is 13.5. The van der Waals surface area contributed by atoms with E-state index in [9.17, 15) is 4.79 Å². The topological polar surface area (TPSA) is 138 Å². The van der Waals surface area contributed by atoms with Crippen LogP contribution in [0, 0.1) is 6.92 Å². The molecule has 0 unspecified atom stereocenters. The quantitative estimate of drug-likeness (QED) is 0.399. The number of ether oxygens (including phenoxy) is 1. The van der Waals surface area contributed by atoms with Crippen LogP contribution in [-0.2, 0) is 6.42 Å². The fourth-order valence-electron chi connectivity index (χ4n) is 4.25. The van der Waals surface area contributed by atoms with E-state index in [1.807, 2.05) is 6.20 Å². The molecule has 1 amide bonds. The maximum atomic E-state index is 11.0. The molecular weight excluding hydrogens is 462 g/mol. The summed E-state index contributed by atoms with van der Waals surface area (Å²) in [6.45, 7) is 9.43. The fourth-order valence-corrected chi connectivity index (χ4v) is 4.25. The van der Waals surface area contributed by atoms with E-state index in [-0.39, 0.29) is 6.01 Å². The van der Waals surface area contributed by atoms with Gasteiger partial charge in [-0.3, -0.25) is 4.90 Å². The third kappa shape index (κ3) is 5.93. The van der Waals surface area contributed by atoms with Crippen LogP contribution in [0.2, 0.25) is 0 Å². The molecule has 4 heterocycles. The number of rotatable bonds is 10. The highest BCUT2D eigenvalue weighted by molar-refractivity contribution is 5.64. The molecule has 36 heavy (non-hydrogen) atoms. The molecule has 0 bridgehead atoms. The van der Waals surface area contributed by atoms with Crippen molar-refractivity contribution in [2.45, 2.75) is 33.1 Å². The second-order valence-electron chi connectivity index (χ2n) is 9.16. The first-order valence-corrected chi connectivity index (χ1v) is 12.4. The molecule has 1 aliphatic rings. The number of anilines is 2. The molecule has 0 aromatic carbocycles. The molecule has 4 rings (SSSR count). The van der Waals surface area contributed by atoms with Gasteiger partial charge in [0, 0.05) is 58.9 Å². The average Bonchev–Trinajstić information content (AvgIpc) is 3.26. The lowest BCUT2D eigenvalue weighted by molar-refractivity contribution is 0.146. The highest BCUT2D eigenvalue weighted by Crippen LogP contribution is 2.22. The molecule has 3 aromatic rings. The van der Waals surface area contributed by atoms with Gasteiger partial charge in [-0.05, 0) is 24.5 Å². The Kier molecular flexibility index (Phi) is 8.04. The lowest BCUT2D eigenvalue weighted by atomic mass is 10.1. The van der Waals surface area contributed by atoms with Crippen molar-refractivity contribution in [1.82, 2.24) is 34.4 Å². The van der Waals surface area contributed by atoms with E-state index in [1.54, 1.807) is 17.8 Å². The molecule has 0 radical (unpaired) electrons. The number of fused-ring (bicyclic) bond motifs is 1. The van der Waals surface area contributed by atoms with E-state index in [1.165, 1.54) is 4.90 Å². The summed E-state index contributed by atoms with van der Waals surface area (Å²) in [5.41, 5.74) is 9.65. The van der Waals surface area contributed by atoms with Crippen molar-refractivity contribution in [3.05, 3.63) is 35.3 Å². The number of nitrogen functional groups attached to an aromatic ring is 1. The molecular formula is C24H35N9O3. The van der Waals surface area contributed by atoms with Gasteiger partial charge in [0.05, 0.1) is 18.5 Å². The van der Waals surface area contributed by atoms with E-state index in [0.29, 0.717) is 31.0 Å². The summed E-state index contributed by atoms with van der Waals surface area (Å²) >= 11 is 0. The van der Waals surface area contributed by atoms with Crippen molar-refractivity contribution in [3.63, 3.8) is 0 Å². The molecule has 0 spiro atoms. The molecule has 0 aliphatic carbocycles. The first kappa shape index (κ1) is 25.4. The van der Waals surface area contributed by atoms with Gasteiger partial charge in [0.25, 0.3) is 0 Å². The number of amides is 1. The Morgan fingerprint density at radius 2 is 2.00 bits per heavy atom. The lowest BCUT2D eigenvalue weighted by Gasteiger charge is -2.36. The lowest BCUT2D eigenvalue weighted by Crippen LogP contribution is -2.49. The Morgan fingerprint density at radius 1 is 1.22 bits per heavy atom. The minimum absolute atomic E-state index is 0.256. The number of likely N-dealkylation sites (N-methyl/N-ethyl adjacent to an activating group) is 1. The summed E-state index contributed by atoms with van der Waals surface area (Å²) < 4.78 is 7.36. The Hall–Kier alpha value is -3.67. The summed E-state index contributed by atoms with van der Waals surface area (Å²) in [6.07, 6.45) is 5.32. The van der Waals surface area contributed by atoms with Crippen LogP contribution in [0.3, 0.4) is 0 Å². The largest absolute Gasteiger partial charge is 0.465 e. The van der Waals surface area contributed by atoms with Gasteiger partial charge in [0.2, 0.25) is 0 Å². The van der Waals surface area contributed by atoms with Gasteiger partial charge < -0.3 is 25.4 Å². The number of nitrogens with two attached hydrogens (primary N) is 1. The van der Waals surface area contributed by atoms with Crippen molar-refractivity contribution in [2.24, 2.45) is 0 Å². The second kappa shape index (κ2) is 11.4. The molecule has 1 saturated heterocycles. The average molecular weight is 498 g/mol. The van der Waals surface area contributed by atoms with Crippen LogP contribution in [0.1, 0.15) is 36.6 Å². The first-order valence-electron chi connectivity index (χ1n) is 12.4. The van der Waals surface area contributed by atoms with Crippen LogP contribution in [0.4, 0.5) is 16.4 Å². The molecule has 3 N–H and O–H groups in total. The van der Waals surface area contributed by atoms with Crippen molar-refractivity contribution in [2.75, 3.05) is 63.6 Å². The first-order chi connectivity index (χ1) is 17.4. The number of aryl methyl sites for hydroxylation is 1. The van der Waals surface area contributed by atoms with Gasteiger partial charge in [-0.15, -0.1) is 5.10 Å². The zero-order valence-corrected chi connectivity index (χ0v) is 21.2. The number of hydrogen-bond acceptors (Lipinski definition) is 9. The van der Waals surface area contributed by atoms with Gasteiger partial charge in [0.15, 0.2) is 11.5 Å². The SMILES string of the molecule is CCCCOc1nc(N)c2ncc(Cc3cnc(N4CCN(CCN(C)C(=O)O)CC4)c(C)c3)n2n1. The molecule has 194 valence electrons. The van der Waals surface area contributed by atoms with Crippen molar-refractivity contribution in [1.29, 1.82) is 0 Å². The number of imidazole rings is 1. The summed E-state index contributed by atoms with van der Waals surface area (Å²) in [5.74, 6) is 1.28. The molecule has 1 aliphatic heterocycles. The summed E-state index contributed by atoms with van der Waals surface area (Å²) in [4.78, 5) is 30.3. The monoisotopic (exact) mass is 497 g/mol. The number of carboxylic acid groups (broad SMARTS) is 1. The van der Waals surface area contributed by atoms with E-state index >= 15 is 0 Å². The van der Waals surface area contributed by atoms with Gasteiger partial charge >= 0.3 is 12.1 Å². The van der Waals surface area contributed by atoms with Crippen LogP contribution in [-0.4, -0.2) is 98.5 Å². The van der Waals surface area contributed by atoms with E-state index in [0.717, 1.165) is 68.2 Å². The van der Waals surface area contributed by atoms with Crippen LogP contribution in [0.5, 0.6) is 6.01 Å². The Bertz CT molecular complexity index is 1190. The minimum atomic E-state index is -0.894. The van der Waals surface area contributed by atoms with Gasteiger partial charge in [-0.1, -0.05) is 19.4 Å². The number of aromatic nitrogens is 5. The number of carbonyl (C=O) groups is 1. The normalized spacial score (nSPS) is 14.4. The highest BCUT2D eigenvalue weighted by atomic mass is 16.5. The molecule has 1 fully saturated rings. The van der Waals surface area contributed by atoms with E-state index in [4.69, 9.17) is 20.6 Å². The second-order valence-corrected chi connectivity index (χ2v) is 9.16. The predicted molar refractivity (Wildman–Crippen MR) is 137 cm³/mol. The van der Waals surface area contributed by atoms with Crippen LogP contribution in [0.15, 0.2) is 18.5 Å². The van der Waals surface area contributed by atoms with Gasteiger partial charge in [-0.2, -0.15) is 4.98 Å². The van der Waals surface area contributed by atoms with Crippen molar-refractivity contribution in [3.8, 4) is 6.01 Å². The summed E-state index contributed by atoms with van der Waals surface area (Å²) in [7, 11) is 1.60. The van der Waals surface area contributed by atoms with Crippen LogP contribution in [0.25, 0.3) is 5.65 Å². The Balaban J connectivity index is 1.40. The third-order valence-electron chi connectivity index (χ3n) is 6.41. The van der Waals surface area contributed by atoms with Crippen molar-refractivity contribution >= 4 is 23.4 Å².